The fourth-order valence-corrected chi connectivity index (χ4v) is 9.67. The van der Waals surface area contributed by atoms with E-state index < -0.39 is 133 Å². The molecule has 7 N–H and O–H groups in total. The molecule has 4 fully saturated rings. The summed E-state index contributed by atoms with van der Waals surface area (Å²) < 4.78 is 46.6. The lowest BCUT2D eigenvalue weighted by Crippen LogP contribution is -2.55. The van der Waals surface area contributed by atoms with Gasteiger partial charge in [0.25, 0.3) is 0 Å². The molecular weight excluding hydrogens is 858 g/mol. The van der Waals surface area contributed by atoms with Gasteiger partial charge in [0.15, 0.2) is 30.4 Å². The van der Waals surface area contributed by atoms with E-state index in [0.717, 1.165) is 6.61 Å². The fourth-order valence-electron chi connectivity index (χ4n) is 9.67. The Hall–Kier alpha value is -4.94. The maximum atomic E-state index is 14.5. The summed E-state index contributed by atoms with van der Waals surface area (Å²) in [5, 5.41) is 75.2. The first-order chi connectivity index (χ1) is 31.1. The highest BCUT2D eigenvalue weighted by atomic mass is 16.7. The molecule has 0 saturated carbocycles. The van der Waals surface area contributed by atoms with Crippen molar-refractivity contribution in [3.63, 3.8) is 0 Å². The number of phenols is 2. The average Bonchev–Trinajstić information content (AvgIpc) is 3.68. The molecule has 4 heterocycles. The molecule has 20 heteroatoms. The third-order valence-electron chi connectivity index (χ3n) is 13.0. The molecule has 4 aliphatic heterocycles. The number of esters is 1. The monoisotopic (exact) mass is 906 g/mol. The molecule has 1 radical (unpaired) electrons. The molecule has 0 amide bonds. The Morgan fingerprint density at radius 2 is 1.69 bits per heavy atom. The molecule has 3 aromatic rings. The molecule has 0 bridgehead atoms. The summed E-state index contributed by atoms with van der Waals surface area (Å²) in [5.74, 6) is -5.20. The normalized spacial score (nSPS) is 33.0. The van der Waals surface area contributed by atoms with Crippen LogP contribution in [0.4, 0.5) is 0 Å². The van der Waals surface area contributed by atoms with Crippen LogP contribution in [0.2, 0.25) is 0 Å². The summed E-state index contributed by atoms with van der Waals surface area (Å²) in [5.41, 5.74) is -3.86. The first kappa shape index (κ1) is 45.2. The van der Waals surface area contributed by atoms with Crippen LogP contribution >= 0.6 is 0 Å². The molecule has 20 nitrogen and oxygen atoms in total. The Kier molecular flexibility index (Phi) is 12.3. The highest BCUT2D eigenvalue weighted by Gasteiger charge is 2.55. The Morgan fingerprint density at radius 1 is 0.938 bits per heavy atom. The predicted octanol–water partition coefficient (Wildman–Crippen LogP) is 0.220. The third-order valence-corrected chi connectivity index (χ3v) is 13.0. The molecule has 12 atom stereocenters. The standard InChI is InChI=1S/C45H48NO19/c1-19-41-24(46-12-13-59-44(58-2)42(46)65-41)14-30(61-19)64-27-16-45(57,28(49)17-47)15-23-32(27)39(55)34-33(36(23)52)35(51)22-4-3-5-26(31(22)38(34)54)63-29(50)11-8-20-6-9-21(10-7-20)62-43-40(56)37(53)25(48)18-60-43/h3-7,9-10,18-19,24-25,27,30,37,40-44,47-48,52-53,55-57H,8,11-17H2,1-2H3/t19-,24-,25+,27-,30-,37-,40+,41+,42+,43-,44-,45-/m0/s1. The van der Waals surface area contributed by atoms with Crippen molar-refractivity contribution in [3.8, 4) is 23.0 Å². The lowest BCUT2D eigenvalue weighted by molar-refractivity contribution is -0.256. The second-order valence-electron chi connectivity index (χ2n) is 16.9. The number of fused-ring (bicyclic) bond motifs is 6. The van der Waals surface area contributed by atoms with E-state index in [0.29, 0.717) is 18.7 Å². The van der Waals surface area contributed by atoms with Gasteiger partial charge in [-0.15, -0.1) is 0 Å². The largest absolute Gasteiger partial charge is 0.507 e. The van der Waals surface area contributed by atoms with E-state index in [1.807, 2.05) is 0 Å². The number of rotatable bonds is 11. The zero-order valence-corrected chi connectivity index (χ0v) is 35.1. The number of aliphatic hydroxyl groups excluding tert-OH is 4. The number of hydrogen-bond acceptors (Lipinski definition) is 20. The number of phenolic OH excluding ortho intramolecular Hbond substituents is 2. The van der Waals surface area contributed by atoms with E-state index in [9.17, 15) is 54.9 Å². The van der Waals surface area contributed by atoms with E-state index in [-0.39, 0.29) is 59.1 Å². The molecule has 65 heavy (non-hydrogen) atoms. The Balaban J connectivity index is 0.957. The predicted molar refractivity (Wildman–Crippen MR) is 215 cm³/mol. The van der Waals surface area contributed by atoms with Crippen molar-refractivity contribution in [3.05, 3.63) is 88.0 Å². The first-order valence-corrected chi connectivity index (χ1v) is 21.2. The van der Waals surface area contributed by atoms with Gasteiger partial charge in [-0.1, -0.05) is 24.3 Å². The van der Waals surface area contributed by atoms with Gasteiger partial charge in [-0.25, -0.2) is 0 Å². The number of ether oxygens (including phenoxy) is 8. The molecule has 0 spiro atoms. The number of aryl methyl sites for hydroxylation is 1. The van der Waals surface area contributed by atoms with Gasteiger partial charge in [-0.05, 0) is 37.1 Å². The number of morpholine rings is 1. The maximum Gasteiger partial charge on any atom is 0.311 e. The molecule has 4 saturated heterocycles. The number of aromatic hydroxyl groups is 2. The van der Waals surface area contributed by atoms with E-state index in [4.69, 9.17) is 37.9 Å². The number of carbonyl (C=O) groups is 4. The summed E-state index contributed by atoms with van der Waals surface area (Å²) in [4.78, 5) is 57.2. The number of ketones is 3. The van der Waals surface area contributed by atoms with Crippen LogP contribution in [0.3, 0.4) is 0 Å². The van der Waals surface area contributed by atoms with Gasteiger partial charge in [0.05, 0.1) is 35.5 Å². The zero-order chi connectivity index (χ0) is 46.1. The van der Waals surface area contributed by atoms with Crippen LogP contribution in [0, 0.1) is 6.61 Å². The van der Waals surface area contributed by atoms with Crippen LogP contribution in [-0.4, -0.2) is 158 Å². The van der Waals surface area contributed by atoms with Gasteiger partial charge in [0.2, 0.25) is 12.1 Å². The molecule has 0 unspecified atom stereocenters. The van der Waals surface area contributed by atoms with Gasteiger partial charge >= 0.3 is 5.97 Å². The van der Waals surface area contributed by atoms with Crippen molar-refractivity contribution in [2.75, 3.05) is 26.9 Å². The highest BCUT2D eigenvalue weighted by molar-refractivity contribution is 6.31. The quantitative estimate of drug-likeness (QED) is 0.0602. The van der Waals surface area contributed by atoms with Crippen LogP contribution < -0.4 is 9.47 Å². The minimum atomic E-state index is -2.33. The van der Waals surface area contributed by atoms with Gasteiger partial charge in [-0.3, -0.25) is 24.1 Å². The molecule has 347 valence electrons. The van der Waals surface area contributed by atoms with Crippen molar-refractivity contribution in [2.45, 2.75) is 112 Å². The van der Waals surface area contributed by atoms with E-state index in [1.54, 1.807) is 31.2 Å². The van der Waals surface area contributed by atoms with Gasteiger partial charge in [-0.2, -0.15) is 0 Å². The van der Waals surface area contributed by atoms with Gasteiger partial charge in [0, 0.05) is 62.1 Å². The zero-order valence-electron chi connectivity index (χ0n) is 35.1. The summed E-state index contributed by atoms with van der Waals surface area (Å²) >= 11 is 0. The molecule has 6 aliphatic rings. The SMILES string of the molecule is CO[C@H]1OCCN2[C@@H]1O[C@@H]1[C@H](C)O[C@@H](O[C@H]3C[C@](O)(C(=O)CO)Cc4c(O)c5c(c(O)c43)C(=O)c3c(OC(=O)CCc4ccc(O[C@@H]6O[CH][C@@H](O)[C@H](O)[C@H]6O)cc4)cccc3C5=O)C[C@@H]12. The molecule has 2 aliphatic carbocycles. The minimum absolute atomic E-state index is 0.164. The van der Waals surface area contributed by atoms with Gasteiger partial charge in [0.1, 0.15) is 66.2 Å². The Bertz CT molecular complexity index is 2370. The van der Waals surface area contributed by atoms with Crippen molar-refractivity contribution in [1.82, 2.24) is 4.90 Å². The summed E-state index contributed by atoms with van der Waals surface area (Å²) in [6.07, 6.45) is -11.2. The average molecular weight is 907 g/mol. The van der Waals surface area contributed by atoms with Crippen molar-refractivity contribution in [1.29, 1.82) is 0 Å². The fraction of sp³-hybridized carbons (Fsp3) is 0.489. The summed E-state index contributed by atoms with van der Waals surface area (Å²) in [6, 6.07) is 10.1. The molecule has 9 rings (SSSR count). The lowest BCUT2D eigenvalue weighted by atomic mass is 9.72. The topological polar surface area (TPSA) is 287 Å². The van der Waals surface area contributed by atoms with Crippen LogP contribution in [0.25, 0.3) is 0 Å². The van der Waals surface area contributed by atoms with E-state index >= 15 is 0 Å². The van der Waals surface area contributed by atoms with Crippen LogP contribution in [-0.2, 0) is 50.9 Å². The number of benzene rings is 3. The molecule has 3 aromatic carbocycles. The Labute approximate surface area is 370 Å². The van der Waals surface area contributed by atoms with Crippen molar-refractivity contribution < 1.29 is 92.8 Å². The number of nitrogens with zero attached hydrogens (tertiary/aromatic N) is 1. The number of Topliss-reactive ketones (excluding diaryl/α,β-unsaturated/α-hetero) is 1. The van der Waals surface area contributed by atoms with Gasteiger partial charge < -0.3 is 73.6 Å². The number of methoxy groups -OCH3 is 1. The lowest BCUT2D eigenvalue weighted by Gasteiger charge is -2.43. The highest BCUT2D eigenvalue weighted by Crippen LogP contribution is 2.53. The number of carbonyl (C=O) groups excluding carboxylic acids is 4. The minimum Gasteiger partial charge on any atom is -0.507 e. The van der Waals surface area contributed by atoms with Crippen LogP contribution in [0.15, 0.2) is 42.5 Å². The molecule has 0 aromatic heterocycles. The van der Waals surface area contributed by atoms with Crippen molar-refractivity contribution in [2.24, 2.45) is 0 Å². The second kappa shape index (κ2) is 17.7. The smallest absolute Gasteiger partial charge is 0.311 e. The number of hydrogen-bond donors (Lipinski definition) is 7. The van der Waals surface area contributed by atoms with E-state index in [1.165, 1.54) is 25.3 Å². The second-order valence-corrected chi connectivity index (χ2v) is 16.9. The number of aliphatic hydroxyl groups is 5. The third kappa shape index (κ3) is 8.00. The Morgan fingerprint density at radius 3 is 2.43 bits per heavy atom. The van der Waals surface area contributed by atoms with E-state index in [2.05, 4.69) is 4.90 Å². The molecular formula is C45H48NO19. The first-order valence-electron chi connectivity index (χ1n) is 21.2. The summed E-state index contributed by atoms with van der Waals surface area (Å²) in [6.45, 7) is 2.57. The van der Waals surface area contributed by atoms with Crippen LogP contribution in [0.5, 0.6) is 23.0 Å². The van der Waals surface area contributed by atoms with Crippen LogP contribution in [0.1, 0.15) is 80.8 Å². The summed E-state index contributed by atoms with van der Waals surface area (Å²) in [7, 11) is 1.51. The van der Waals surface area contributed by atoms with Crippen molar-refractivity contribution >= 4 is 23.3 Å². The maximum absolute atomic E-state index is 14.5.